The first-order valence-electron chi connectivity index (χ1n) is 6.29. The highest BCUT2D eigenvalue weighted by Gasteiger charge is 2.14. The molecule has 1 aromatic heterocycles. The lowest BCUT2D eigenvalue weighted by molar-refractivity contribution is 0.0435. The van der Waals surface area contributed by atoms with Crippen LogP contribution in [0.5, 0.6) is 0 Å². The second kappa shape index (κ2) is 6.38. The van der Waals surface area contributed by atoms with Gasteiger partial charge in [0.25, 0.3) is 0 Å². The third-order valence-corrected chi connectivity index (χ3v) is 2.70. The molecule has 0 spiro atoms. The number of carbonyl (C=O) groups excluding carboxylic acids is 1. The molecule has 0 aliphatic rings. The molecule has 1 atom stereocenters. The Hall–Kier alpha value is -1.58. The van der Waals surface area contributed by atoms with Crippen LogP contribution in [0.2, 0.25) is 0 Å². The van der Waals surface area contributed by atoms with Crippen molar-refractivity contribution >= 4 is 11.7 Å². The number of nitrogen functional groups attached to an aromatic ring is 1. The Labute approximate surface area is 109 Å². The van der Waals surface area contributed by atoms with Crippen molar-refractivity contribution in [3.63, 3.8) is 0 Å². The van der Waals surface area contributed by atoms with Gasteiger partial charge in [-0.2, -0.15) is 0 Å². The molecular formula is C14H22N2O2. The molecule has 1 heterocycles. The molecule has 0 saturated carbocycles. The van der Waals surface area contributed by atoms with Crippen LogP contribution in [0.15, 0.2) is 12.3 Å². The molecular weight excluding hydrogens is 228 g/mol. The molecule has 0 fully saturated rings. The zero-order chi connectivity index (χ0) is 13.7. The van der Waals surface area contributed by atoms with Crippen molar-refractivity contribution in [1.82, 2.24) is 4.98 Å². The summed E-state index contributed by atoms with van der Waals surface area (Å²) in [5.41, 5.74) is 7.19. The highest BCUT2D eigenvalue weighted by atomic mass is 16.5. The largest absolute Gasteiger partial charge is 0.462 e. The van der Waals surface area contributed by atoms with Crippen molar-refractivity contribution in [3.05, 3.63) is 23.5 Å². The van der Waals surface area contributed by atoms with E-state index in [9.17, 15) is 4.79 Å². The predicted octanol–water partition coefficient (Wildman–Crippen LogP) is 2.81. The van der Waals surface area contributed by atoms with Gasteiger partial charge in [0.15, 0.2) is 0 Å². The number of anilines is 1. The average Bonchev–Trinajstić information content (AvgIpc) is 2.28. The van der Waals surface area contributed by atoms with Gasteiger partial charge in [-0.1, -0.05) is 20.8 Å². The van der Waals surface area contributed by atoms with Crippen molar-refractivity contribution in [2.75, 3.05) is 12.3 Å². The molecule has 0 aliphatic carbocycles. The van der Waals surface area contributed by atoms with Crippen LogP contribution < -0.4 is 5.73 Å². The smallest absolute Gasteiger partial charge is 0.340 e. The third kappa shape index (κ3) is 4.35. The molecule has 100 valence electrons. The summed E-state index contributed by atoms with van der Waals surface area (Å²) in [6.45, 7) is 8.60. The van der Waals surface area contributed by atoms with Crippen LogP contribution in [-0.4, -0.2) is 17.6 Å². The number of nitrogens with zero attached hydrogens (tertiary/aromatic N) is 1. The van der Waals surface area contributed by atoms with E-state index in [1.807, 2.05) is 0 Å². The van der Waals surface area contributed by atoms with Gasteiger partial charge >= 0.3 is 5.97 Å². The van der Waals surface area contributed by atoms with E-state index in [1.54, 1.807) is 13.0 Å². The summed E-state index contributed by atoms with van der Waals surface area (Å²) in [5, 5.41) is 0. The standard InChI is InChI=1S/C14H22N2O2/c1-9(2)5-10(3)8-18-14(17)13-6-12(15)7-16-11(13)4/h6-7,9-10H,5,8,15H2,1-4H3. The Morgan fingerprint density at radius 3 is 2.72 bits per heavy atom. The lowest BCUT2D eigenvalue weighted by Gasteiger charge is -2.14. The normalized spacial score (nSPS) is 12.5. The summed E-state index contributed by atoms with van der Waals surface area (Å²) >= 11 is 0. The maximum Gasteiger partial charge on any atom is 0.340 e. The van der Waals surface area contributed by atoms with Gasteiger partial charge in [0.1, 0.15) is 0 Å². The highest BCUT2D eigenvalue weighted by Crippen LogP contribution is 2.14. The Balaban J connectivity index is 2.58. The number of hydrogen-bond donors (Lipinski definition) is 1. The molecule has 0 amide bonds. The van der Waals surface area contributed by atoms with Crippen molar-refractivity contribution < 1.29 is 9.53 Å². The van der Waals surface area contributed by atoms with Gasteiger partial charge in [0.2, 0.25) is 0 Å². The molecule has 2 N–H and O–H groups in total. The monoisotopic (exact) mass is 250 g/mol. The number of esters is 1. The van der Waals surface area contributed by atoms with Gasteiger partial charge in [0, 0.05) is 0 Å². The second-order valence-electron chi connectivity index (χ2n) is 5.23. The van der Waals surface area contributed by atoms with Gasteiger partial charge < -0.3 is 10.5 Å². The van der Waals surface area contributed by atoms with Crippen molar-refractivity contribution in [2.45, 2.75) is 34.1 Å². The zero-order valence-electron chi connectivity index (χ0n) is 11.6. The summed E-state index contributed by atoms with van der Waals surface area (Å²) in [7, 11) is 0. The number of rotatable bonds is 5. The Morgan fingerprint density at radius 2 is 2.11 bits per heavy atom. The van der Waals surface area contributed by atoms with Crippen LogP contribution in [0.1, 0.15) is 43.2 Å². The Kier molecular flexibility index (Phi) is 5.13. The minimum Gasteiger partial charge on any atom is -0.462 e. The number of pyridine rings is 1. The van der Waals surface area contributed by atoms with Crippen molar-refractivity contribution in [1.29, 1.82) is 0 Å². The molecule has 18 heavy (non-hydrogen) atoms. The molecule has 1 rings (SSSR count). The van der Waals surface area contributed by atoms with Crippen LogP contribution in [0.4, 0.5) is 5.69 Å². The minimum atomic E-state index is -0.345. The number of aromatic nitrogens is 1. The summed E-state index contributed by atoms with van der Waals surface area (Å²) in [5.74, 6) is 0.626. The number of aryl methyl sites for hydroxylation is 1. The van der Waals surface area contributed by atoms with Crippen LogP contribution in [0.25, 0.3) is 0 Å². The van der Waals surface area contributed by atoms with Crippen LogP contribution >= 0.6 is 0 Å². The molecule has 0 bridgehead atoms. The first-order chi connectivity index (χ1) is 8.40. The van der Waals surface area contributed by atoms with E-state index < -0.39 is 0 Å². The van der Waals surface area contributed by atoms with E-state index in [-0.39, 0.29) is 5.97 Å². The topological polar surface area (TPSA) is 65.2 Å². The molecule has 0 aliphatic heterocycles. The first kappa shape index (κ1) is 14.5. The quantitative estimate of drug-likeness (QED) is 0.816. The van der Waals surface area contributed by atoms with Gasteiger partial charge in [0.05, 0.1) is 29.7 Å². The summed E-state index contributed by atoms with van der Waals surface area (Å²) in [4.78, 5) is 15.9. The summed E-state index contributed by atoms with van der Waals surface area (Å²) in [6.07, 6.45) is 2.58. The number of ether oxygens (including phenoxy) is 1. The van der Waals surface area contributed by atoms with E-state index in [1.165, 1.54) is 6.20 Å². The van der Waals surface area contributed by atoms with Crippen LogP contribution in [-0.2, 0) is 4.74 Å². The first-order valence-corrected chi connectivity index (χ1v) is 6.29. The molecule has 0 radical (unpaired) electrons. The van der Waals surface area contributed by atoms with Crippen molar-refractivity contribution in [2.24, 2.45) is 11.8 Å². The molecule has 1 aromatic rings. The molecule has 1 unspecified atom stereocenters. The fourth-order valence-electron chi connectivity index (χ4n) is 1.92. The fourth-order valence-corrected chi connectivity index (χ4v) is 1.92. The van der Waals surface area contributed by atoms with E-state index in [2.05, 4.69) is 25.8 Å². The number of carbonyl (C=O) groups is 1. The lowest BCUT2D eigenvalue weighted by Crippen LogP contribution is -2.15. The SMILES string of the molecule is Cc1ncc(N)cc1C(=O)OCC(C)CC(C)C. The summed E-state index contributed by atoms with van der Waals surface area (Å²) < 4.78 is 5.29. The molecule has 0 saturated heterocycles. The summed E-state index contributed by atoms with van der Waals surface area (Å²) in [6, 6.07) is 1.61. The van der Waals surface area contributed by atoms with E-state index in [4.69, 9.17) is 10.5 Å². The second-order valence-corrected chi connectivity index (χ2v) is 5.23. The predicted molar refractivity (Wildman–Crippen MR) is 72.3 cm³/mol. The minimum absolute atomic E-state index is 0.345. The highest BCUT2D eigenvalue weighted by molar-refractivity contribution is 5.91. The van der Waals surface area contributed by atoms with Gasteiger partial charge in [-0.15, -0.1) is 0 Å². The Morgan fingerprint density at radius 1 is 1.44 bits per heavy atom. The van der Waals surface area contributed by atoms with E-state index >= 15 is 0 Å². The van der Waals surface area contributed by atoms with Crippen molar-refractivity contribution in [3.8, 4) is 0 Å². The van der Waals surface area contributed by atoms with Crippen LogP contribution in [0.3, 0.4) is 0 Å². The number of hydrogen-bond acceptors (Lipinski definition) is 4. The fraction of sp³-hybridized carbons (Fsp3) is 0.571. The van der Waals surface area contributed by atoms with Crippen LogP contribution in [0, 0.1) is 18.8 Å². The number of nitrogens with two attached hydrogens (primary N) is 1. The van der Waals surface area contributed by atoms with Gasteiger partial charge in [-0.05, 0) is 31.2 Å². The van der Waals surface area contributed by atoms with Gasteiger partial charge in [-0.25, -0.2) is 4.79 Å². The third-order valence-electron chi connectivity index (χ3n) is 2.70. The van der Waals surface area contributed by atoms with E-state index in [0.29, 0.717) is 35.4 Å². The van der Waals surface area contributed by atoms with Gasteiger partial charge in [-0.3, -0.25) is 4.98 Å². The molecule has 4 nitrogen and oxygen atoms in total. The average molecular weight is 250 g/mol. The molecule has 4 heteroatoms. The maximum atomic E-state index is 11.9. The van der Waals surface area contributed by atoms with E-state index in [0.717, 1.165) is 6.42 Å². The Bertz CT molecular complexity index is 416. The lowest BCUT2D eigenvalue weighted by atomic mass is 10.00. The zero-order valence-corrected chi connectivity index (χ0v) is 11.6. The molecule has 0 aromatic carbocycles. The maximum absolute atomic E-state index is 11.9.